The predicted octanol–water partition coefficient (Wildman–Crippen LogP) is 2.90. The molecule has 2 heterocycles. The third-order valence-electron chi connectivity index (χ3n) is 4.97. The zero-order chi connectivity index (χ0) is 17.2. The van der Waals surface area contributed by atoms with Gasteiger partial charge in [0.15, 0.2) is 0 Å². The van der Waals surface area contributed by atoms with Crippen molar-refractivity contribution in [3.05, 3.63) is 29.3 Å². The van der Waals surface area contributed by atoms with Crippen LogP contribution in [0.25, 0.3) is 0 Å². The summed E-state index contributed by atoms with van der Waals surface area (Å²) in [5, 5.41) is 0. The lowest BCUT2D eigenvalue weighted by molar-refractivity contribution is 0.243. The van der Waals surface area contributed by atoms with Crippen molar-refractivity contribution >= 4 is 21.8 Å². The van der Waals surface area contributed by atoms with Gasteiger partial charge in [-0.05, 0) is 63.6 Å². The van der Waals surface area contributed by atoms with Crippen LogP contribution in [0.15, 0.2) is 23.1 Å². The molecule has 1 atom stereocenters. The molecule has 0 aromatic heterocycles. The van der Waals surface area contributed by atoms with Crippen LogP contribution in [0.2, 0.25) is 0 Å². The van der Waals surface area contributed by atoms with Gasteiger partial charge in [0.2, 0.25) is 10.0 Å². The van der Waals surface area contributed by atoms with Gasteiger partial charge in [-0.3, -0.25) is 0 Å². The van der Waals surface area contributed by atoms with Crippen molar-refractivity contribution in [3.8, 4) is 0 Å². The quantitative estimate of drug-likeness (QED) is 0.819. The molecule has 0 bridgehead atoms. The summed E-state index contributed by atoms with van der Waals surface area (Å²) in [6.07, 6.45) is 3.42. The van der Waals surface area contributed by atoms with E-state index in [0.29, 0.717) is 11.4 Å². The average molecular weight is 369 g/mol. The minimum absolute atomic E-state index is 0.0845. The molecule has 2 aliphatic rings. The lowest BCUT2D eigenvalue weighted by atomic mass is 10.2. The highest BCUT2D eigenvalue weighted by atomic mass is 32.2. The van der Waals surface area contributed by atoms with E-state index < -0.39 is 10.0 Å². The van der Waals surface area contributed by atoms with E-state index >= 15 is 0 Å². The molecule has 0 spiro atoms. The summed E-state index contributed by atoms with van der Waals surface area (Å²) in [5.74, 6) is 1.95. The van der Waals surface area contributed by atoms with Crippen LogP contribution in [0, 0.1) is 13.8 Å². The topological polar surface area (TPSA) is 40.6 Å². The fourth-order valence-electron chi connectivity index (χ4n) is 3.75. The molecule has 1 aromatic carbocycles. The number of benzene rings is 1. The Morgan fingerprint density at radius 3 is 2.58 bits per heavy atom. The second-order valence-corrected chi connectivity index (χ2v) is 9.98. The van der Waals surface area contributed by atoms with E-state index in [0.717, 1.165) is 48.7 Å². The smallest absolute Gasteiger partial charge is 0.243 e. The molecular weight excluding hydrogens is 340 g/mol. The molecule has 4 nitrogen and oxygen atoms in total. The summed E-state index contributed by atoms with van der Waals surface area (Å²) >= 11 is 1.90. The monoisotopic (exact) mass is 368 g/mol. The summed E-state index contributed by atoms with van der Waals surface area (Å²) < 4.78 is 28.5. The van der Waals surface area contributed by atoms with Crippen LogP contribution in [0.4, 0.5) is 0 Å². The zero-order valence-electron chi connectivity index (χ0n) is 14.7. The van der Waals surface area contributed by atoms with Gasteiger partial charge in [-0.25, -0.2) is 8.42 Å². The van der Waals surface area contributed by atoms with Gasteiger partial charge in [-0.15, -0.1) is 0 Å². The first-order valence-corrected chi connectivity index (χ1v) is 11.5. The molecule has 2 saturated heterocycles. The van der Waals surface area contributed by atoms with Gasteiger partial charge in [0.1, 0.15) is 0 Å². The maximum Gasteiger partial charge on any atom is 0.243 e. The predicted molar refractivity (Wildman–Crippen MR) is 101 cm³/mol. The van der Waals surface area contributed by atoms with Gasteiger partial charge in [0.25, 0.3) is 0 Å². The number of aryl methyl sites for hydroxylation is 2. The van der Waals surface area contributed by atoms with Gasteiger partial charge in [-0.2, -0.15) is 16.1 Å². The standard InChI is InChI=1S/C18H28N2O2S2/c1-15-6-7-18(16(2)12-15)24(21,22)20-10-5-11-23-14-17(20)13-19-8-3-4-9-19/h6-7,12,17H,3-5,8-11,13-14H2,1-2H3. The zero-order valence-corrected chi connectivity index (χ0v) is 16.3. The van der Waals surface area contributed by atoms with Crippen LogP contribution in [-0.4, -0.2) is 61.3 Å². The average Bonchev–Trinajstić information content (AvgIpc) is 2.91. The second kappa shape index (κ2) is 7.77. The Bertz CT molecular complexity index is 670. The Morgan fingerprint density at radius 2 is 1.88 bits per heavy atom. The van der Waals surface area contributed by atoms with E-state index in [1.165, 1.54) is 12.8 Å². The van der Waals surface area contributed by atoms with E-state index in [2.05, 4.69) is 4.90 Å². The summed E-state index contributed by atoms with van der Waals surface area (Å²) in [6.45, 7) is 7.64. The van der Waals surface area contributed by atoms with E-state index in [1.54, 1.807) is 10.4 Å². The highest BCUT2D eigenvalue weighted by molar-refractivity contribution is 7.99. The third kappa shape index (κ3) is 3.98. The molecule has 24 heavy (non-hydrogen) atoms. The van der Waals surface area contributed by atoms with Gasteiger partial charge >= 0.3 is 0 Å². The molecule has 0 amide bonds. The normalized spacial score (nSPS) is 24.2. The third-order valence-corrected chi connectivity index (χ3v) is 8.28. The van der Waals surface area contributed by atoms with E-state index in [1.807, 2.05) is 37.7 Å². The van der Waals surface area contributed by atoms with Crippen molar-refractivity contribution in [1.29, 1.82) is 0 Å². The molecule has 0 radical (unpaired) electrons. The Morgan fingerprint density at radius 1 is 1.12 bits per heavy atom. The Hall–Kier alpha value is -0.560. The van der Waals surface area contributed by atoms with Gasteiger partial charge in [0, 0.05) is 24.9 Å². The Labute approximate surface area is 150 Å². The van der Waals surface area contributed by atoms with Crippen molar-refractivity contribution in [2.75, 3.05) is 37.7 Å². The van der Waals surface area contributed by atoms with Crippen molar-refractivity contribution in [2.45, 2.75) is 44.0 Å². The van der Waals surface area contributed by atoms with E-state index in [-0.39, 0.29) is 6.04 Å². The highest BCUT2D eigenvalue weighted by Crippen LogP contribution is 2.27. The molecular formula is C18H28N2O2S2. The number of hydrogen-bond acceptors (Lipinski definition) is 4. The van der Waals surface area contributed by atoms with Crippen molar-refractivity contribution in [2.24, 2.45) is 0 Å². The number of nitrogens with zero attached hydrogens (tertiary/aromatic N) is 2. The maximum absolute atomic E-state index is 13.4. The van der Waals surface area contributed by atoms with Crippen LogP contribution in [0.5, 0.6) is 0 Å². The number of sulfonamides is 1. The fourth-order valence-corrected chi connectivity index (χ4v) is 6.76. The number of thioether (sulfide) groups is 1. The Balaban J connectivity index is 1.88. The van der Waals surface area contributed by atoms with Crippen LogP contribution in [0.1, 0.15) is 30.4 Å². The molecule has 6 heteroatoms. The number of hydrogen-bond donors (Lipinski definition) is 0. The first-order chi connectivity index (χ1) is 11.5. The summed E-state index contributed by atoms with van der Waals surface area (Å²) in [6, 6.07) is 5.74. The second-order valence-electron chi connectivity index (χ2n) is 6.97. The van der Waals surface area contributed by atoms with Crippen molar-refractivity contribution in [3.63, 3.8) is 0 Å². The number of rotatable bonds is 4. The van der Waals surface area contributed by atoms with Crippen LogP contribution in [0.3, 0.4) is 0 Å². The first-order valence-electron chi connectivity index (χ1n) is 8.88. The van der Waals surface area contributed by atoms with Gasteiger partial charge < -0.3 is 4.90 Å². The molecule has 134 valence electrons. The lowest BCUT2D eigenvalue weighted by Gasteiger charge is -2.32. The molecule has 0 saturated carbocycles. The van der Waals surface area contributed by atoms with Gasteiger partial charge in [0.05, 0.1) is 4.90 Å². The molecule has 3 rings (SSSR count). The minimum Gasteiger partial charge on any atom is -0.302 e. The lowest BCUT2D eigenvalue weighted by Crippen LogP contribution is -2.47. The number of likely N-dealkylation sites (tertiary alicyclic amines) is 1. The van der Waals surface area contributed by atoms with Crippen molar-refractivity contribution in [1.82, 2.24) is 9.21 Å². The van der Waals surface area contributed by atoms with Crippen LogP contribution >= 0.6 is 11.8 Å². The fraction of sp³-hybridized carbons (Fsp3) is 0.667. The summed E-state index contributed by atoms with van der Waals surface area (Å²) in [5.41, 5.74) is 1.96. The highest BCUT2D eigenvalue weighted by Gasteiger charge is 2.34. The largest absolute Gasteiger partial charge is 0.302 e. The molecule has 0 N–H and O–H groups in total. The first kappa shape index (κ1) is 18.2. The molecule has 1 unspecified atom stereocenters. The summed E-state index contributed by atoms with van der Waals surface area (Å²) in [4.78, 5) is 2.91. The molecule has 0 aliphatic carbocycles. The summed E-state index contributed by atoms with van der Waals surface area (Å²) in [7, 11) is -3.43. The Kier molecular flexibility index (Phi) is 5.90. The molecule has 1 aromatic rings. The van der Waals surface area contributed by atoms with E-state index in [4.69, 9.17) is 0 Å². The minimum atomic E-state index is -3.43. The van der Waals surface area contributed by atoms with Crippen molar-refractivity contribution < 1.29 is 8.42 Å². The SMILES string of the molecule is Cc1ccc(S(=O)(=O)N2CCCSCC2CN2CCCC2)c(C)c1. The molecule has 2 aliphatic heterocycles. The van der Waals surface area contributed by atoms with Crippen LogP contribution < -0.4 is 0 Å². The van der Waals surface area contributed by atoms with Crippen LogP contribution in [-0.2, 0) is 10.0 Å². The van der Waals surface area contributed by atoms with E-state index in [9.17, 15) is 8.42 Å². The van der Waals surface area contributed by atoms with Gasteiger partial charge in [-0.1, -0.05) is 17.7 Å². The molecule has 2 fully saturated rings. The maximum atomic E-state index is 13.4.